The quantitative estimate of drug-likeness (QED) is 0.659. The zero-order valence-corrected chi connectivity index (χ0v) is 19.2. The van der Waals surface area contributed by atoms with Gasteiger partial charge in [-0.1, -0.05) is 11.6 Å². The minimum absolute atomic E-state index is 0.154. The molecule has 0 N–H and O–H groups in total. The summed E-state index contributed by atoms with van der Waals surface area (Å²) < 4.78 is 41.5. The van der Waals surface area contributed by atoms with Crippen LogP contribution in [0.3, 0.4) is 0 Å². The highest BCUT2D eigenvalue weighted by Gasteiger charge is 2.45. The Kier molecular flexibility index (Phi) is 6.17. The van der Waals surface area contributed by atoms with Gasteiger partial charge in [0.2, 0.25) is 5.91 Å². The van der Waals surface area contributed by atoms with Gasteiger partial charge in [-0.05, 0) is 43.1 Å². The highest BCUT2D eigenvalue weighted by Crippen LogP contribution is 2.41. The van der Waals surface area contributed by atoms with Gasteiger partial charge in [0.1, 0.15) is 0 Å². The van der Waals surface area contributed by atoms with E-state index in [-0.39, 0.29) is 34.5 Å². The second-order valence-electron chi connectivity index (χ2n) is 8.94. The van der Waals surface area contributed by atoms with E-state index in [2.05, 4.69) is 5.10 Å². The maximum absolute atomic E-state index is 13.4. The summed E-state index contributed by atoms with van der Waals surface area (Å²) >= 11 is 5.96. The van der Waals surface area contributed by atoms with Crippen LogP contribution in [0, 0.1) is 5.41 Å². The molecule has 2 saturated heterocycles. The molecular formula is C22H25ClF3N5O2. The number of anilines is 1. The van der Waals surface area contributed by atoms with E-state index >= 15 is 0 Å². The number of hydrogen-bond donors (Lipinski definition) is 0. The average Bonchev–Trinajstić information content (AvgIpc) is 3.47. The molecule has 1 aromatic carbocycles. The molecule has 1 atom stereocenters. The Hall–Kier alpha value is -2.59. The number of nitrogens with zero attached hydrogens (tertiary/aromatic N) is 5. The Bertz CT molecular complexity index is 1070. The summed E-state index contributed by atoms with van der Waals surface area (Å²) in [4.78, 5) is 29.6. The SMILES string of the molecule is CC(=O)N(C)c1cnn(C(=O)N2CCC3(CCN(Cc4cc(Cl)ccc4C(F)(F)F)C3)C2)c1. The normalized spacial score (nSPS) is 21.2. The third-order valence-electron chi connectivity index (χ3n) is 6.62. The van der Waals surface area contributed by atoms with E-state index in [9.17, 15) is 22.8 Å². The second-order valence-corrected chi connectivity index (χ2v) is 9.37. The van der Waals surface area contributed by atoms with E-state index in [1.54, 1.807) is 11.9 Å². The third-order valence-corrected chi connectivity index (χ3v) is 6.85. The molecule has 2 aliphatic heterocycles. The Morgan fingerprint density at radius 2 is 1.94 bits per heavy atom. The lowest BCUT2D eigenvalue weighted by Crippen LogP contribution is -2.36. The first-order valence-electron chi connectivity index (χ1n) is 10.6. The number of carbonyl (C=O) groups excluding carboxylic acids is 2. The van der Waals surface area contributed by atoms with E-state index < -0.39 is 11.7 Å². The number of alkyl halides is 3. The molecule has 1 unspecified atom stereocenters. The molecule has 2 fully saturated rings. The predicted molar refractivity (Wildman–Crippen MR) is 117 cm³/mol. The van der Waals surface area contributed by atoms with Gasteiger partial charge in [-0.15, -0.1) is 0 Å². The zero-order chi connectivity index (χ0) is 24.0. The lowest BCUT2D eigenvalue weighted by molar-refractivity contribution is -0.138. The number of aromatic nitrogens is 2. The Labute approximate surface area is 194 Å². The van der Waals surface area contributed by atoms with Crippen LogP contribution in [0.25, 0.3) is 0 Å². The Morgan fingerprint density at radius 1 is 1.21 bits per heavy atom. The maximum atomic E-state index is 13.4. The molecule has 7 nitrogen and oxygen atoms in total. The summed E-state index contributed by atoms with van der Waals surface area (Å²) in [6, 6.07) is 3.39. The van der Waals surface area contributed by atoms with Crippen LogP contribution in [0.2, 0.25) is 5.02 Å². The highest BCUT2D eigenvalue weighted by atomic mass is 35.5. The lowest BCUT2D eigenvalue weighted by Gasteiger charge is -2.25. The van der Waals surface area contributed by atoms with Crippen molar-refractivity contribution in [2.24, 2.45) is 5.41 Å². The number of hydrogen-bond acceptors (Lipinski definition) is 4. The van der Waals surface area contributed by atoms with Crippen LogP contribution in [0.1, 0.15) is 30.9 Å². The van der Waals surface area contributed by atoms with Gasteiger partial charge in [-0.3, -0.25) is 9.69 Å². The fraction of sp³-hybridized carbons (Fsp3) is 0.500. The molecule has 2 aromatic rings. The largest absolute Gasteiger partial charge is 0.416 e. The first-order valence-corrected chi connectivity index (χ1v) is 11.0. The predicted octanol–water partition coefficient (Wildman–Crippen LogP) is 4.10. The molecule has 33 heavy (non-hydrogen) atoms. The van der Waals surface area contributed by atoms with E-state index in [1.807, 2.05) is 4.90 Å². The molecule has 0 bridgehead atoms. The van der Waals surface area contributed by atoms with E-state index in [4.69, 9.17) is 11.6 Å². The van der Waals surface area contributed by atoms with Crippen molar-refractivity contribution in [3.8, 4) is 0 Å². The molecule has 1 spiro atoms. The van der Waals surface area contributed by atoms with Gasteiger partial charge in [0.25, 0.3) is 0 Å². The molecule has 1 aromatic heterocycles. The van der Waals surface area contributed by atoms with Gasteiger partial charge in [0.15, 0.2) is 0 Å². The minimum atomic E-state index is -4.44. The average molecular weight is 484 g/mol. The van der Waals surface area contributed by atoms with Gasteiger partial charge in [-0.25, -0.2) is 4.79 Å². The van der Waals surface area contributed by atoms with Gasteiger partial charge in [0, 0.05) is 50.6 Å². The van der Waals surface area contributed by atoms with Crippen LogP contribution in [0.15, 0.2) is 30.6 Å². The number of rotatable bonds is 3. The van der Waals surface area contributed by atoms with Crippen molar-refractivity contribution < 1.29 is 22.8 Å². The van der Waals surface area contributed by atoms with Crippen molar-refractivity contribution in [3.05, 3.63) is 46.7 Å². The van der Waals surface area contributed by atoms with Gasteiger partial charge >= 0.3 is 12.2 Å². The first-order chi connectivity index (χ1) is 15.5. The molecule has 3 heterocycles. The van der Waals surface area contributed by atoms with E-state index in [1.165, 1.54) is 41.0 Å². The molecule has 178 valence electrons. The van der Waals surface area contributed by atoms with Gasteiger partial charge < -0.3 is 9.80 Å². The maximum Gasteiger partial charge on any atom is 0.416 e. The summed E-state index contributed by atoms with van der Waals surface area (Å²) in [6.45, 7) is 3.91. The minimum Gasteiger partial charge on any atom is -0.322 e. The summed E-state index contributed by atoms with van der Waals surface area (Å²) in [6.07, 6.45) is 0.126. The molecule has 0 aliphatic carbocycles. The van der Waals surface area contributed by atoms with E-state index in [0.29, 0.717) is 31.9 Å². The number of benzene rings is 1. The topological polar surface area (TPSA) is 61.7 Å². The van der Waals surface area contributed by atoms with Crippen LogP contribution in [0.4, 0.5) is 23.7 Å². The zero-order valence-electron chi connectivity index (χ0n) is 18.4. The van der Waals surface area contributed by atoms with Crippen LogP contribution in [-0.2, 0) is 17.5 Å². The van der Waals surface area contributed by atoms with Crippen LogP contribution in [0.5, 0.6) is 0 Å². The van der Waals surface area contributed by atoms with Crippen LogP contribution >= 0.6 is 11.6 Å². The van der Waals surface area contributed by atoms with Crippen molar-refractivity contribution in [1.82, 2.24) is 19.6 Å². The first kappa shape index (κ1) is 23.6. The Balaban J connectivity index is 1.41. The van der Waals surface area contributed by atoms with Crippen LogP contribution in [-0.4, -0.2) is 64.7 Å². The van der Waals surface area contributed by atoms with Crippen molar-refractivity contribution in [2.75, 3.05) is 38.1 Å². The fourth-order valence-corrected chi connectivity index (χ4v) is 4.92. The Morgan fingerprint density at radius 3 is 2.64 bits per heavy atom. The summed E-state index contributed by atoms with van der Waals surface area (Å²) in [5.74, 6) is -0.165. The molecular weight excluding hydrogens is 459 g/mol. The number of halogens is 4. The third kappa shape index (κ3) is 4.86. The standard InChI is InChI=1S/C22H25ClF3N5O2/c1-15(32)28(2)18-10-27-31(12-18)20(33)30-8-6-21(14-30)5-7-29(13-21)11-16-9-17(23)3-4-19(16)22(24,25)26/h3-4,9-10,12H,5-8,11,13-14H2,1-2H3. The van der Waals surface area contributed by atoms with Gasteiger partial charge in [0.05, 0.1) is 23.6 Å². The summed E-state index contributed by atoms with van der Waals surface area (Å²) in [5, 5.41) is 4.37. The summed E-state index contributed by atoms with van der Waals surface area (Å²) in [5.41, 5.74) is -0.129. The van der Waals surface area contributed by atoms with Crippen LogP contribution < -0.4 is 4.90 Å². The number of carbonyl (C=O) groups is 2. The lowest BCUT2D eigenvalue weighted by atomic mass is 9.86. The summed E-state index contributed by atoms with van der Waals surface area (Å²) in [7, 11) is 1.61. The van der Waals surface area contributed by atoms with Crippen molar-refractivity contribution in [2.45, 2.75) is 32.5 Å². The second kappa shape index (κ2) is 8.64. The highest BCUT2D eigenvalue weighted by molar-refractivity contribution is 6.30. The van der Waals surface area contributed by atoms with Crippen molar-refractivity contribution in [3.63, 3.8) is 0 Å². The van der Waals surface area contributed by atoms with Crippen molar-refractivity contribution >= 4 is 29.2 Å². The van der Waals surface area contributed by atoms with Gasteiger partial charge in [-0.2, -0.15) is 23.0 Å². The molecule has 4 rings (SSSR count). The van der Waals surface area contributed by atoms with E-state index in [0.717, 1.165) is 18.9 Å². The fourth-order valence-electron chi connectivity index (χ4n) is 4.72. The molecule has 11 heteroatoms. The molecule has 0 saturated carbocycles. The smallest absolute Gasteiger partial charge is 0.322 e. The number of likely N-dealkylation sites (tertiary alicyclic amines) is 2. The molecule has 2 amide bonds. The molecule has 0 radical (unpaired) electrons. The monoisotopic (exact) mass is 483 g/mol. The molecule has 2 aliphatic rings. The van der Waals surface area contributed by atoms with Crippen molar-refractivity contribution in [1.29, 1.82) is 0 Å². The number of amides is 2.